The molecule has 0 spiro atoms. The van der Waals surface area contributed by atoms with Gasteiger partial charge in [-0.3, -0.25) is 0 Å². The first-order chi connectivity index (χ1) is 11.8. The van der Waals surface area contributed by atoms with Crippen LogP contribution in [-0.4, -0.2) is 19.2 Å². The Morgan fingerprint density at radius 1 is 1.16 bits per heavy atom. The van der Waals surface area contributed by atoms with Gasteiger partial charge < -0.3 is 10.1 Å². The van der Waals surface area contributed by atoms with Gasteiger partial charge in [0.25, 0.3) is 0 Å². The standard InChI is InChI=1S/C18H19F3N2OS/c1-12-3-4-13(9-16(12)19)18(10-22-11-18)23-25-15-7-5-14(6-8-15)24-17(2,20)21/h3-9,22-23H,10-11H2,1-2H3. The fourth-order valence-corrected chi connectivity index (χ4v) is 3.39. The van der Waals surface area contributed by atoms with E-state index in [1.165, 1.54) is 24.1 Å². The number of hydrogen-bond acceptors (Lipinski definition) is 4. The van der Waals surface area contributed by atoms with Crippen LogP contribution in [0.4, 0.5) is 13.2 Å². The van der Waals surface area contributed by atoms with Crippen molar-refractivity contribution >= 4 is 11.9 Å². The summed E-state index contributed by atoms with van der Waals surface area (Å²) in [6, 6.07) is 11.7. The molecule has 0 amide bonds. The molecular formula is C18H19F3N2OS. The van der Waals surface area contributed by atoms with Gasteiger partial charge in [0.15, 0.2) is 0 Å². The summed E-state index contributed by atoms with van der Waals surface area (Å²) >= 11 is 1.38. The molecule has 3 rings (SSSR count). The third-order valence-electron chi connectivity index (χ3n) is 4.06. The number of aryl methyl sites for hydroxylation is 1. The maximum Gasteiger partial charge on any atom is 0.394 e. The maximum absolute atomic E-state index is 13.9. The molecule has 0 saturated carbocycles. The minimum absolute atomic E-state index is 0.109. The lowest BCUT2D eigenvalue weighted by molar-refractivity contribution is -0.158. The van der Waals surface area contributed by atoms with Gasteiger partial charge in [0.1, 0.15) is 11.6 Å². The molecule has 1 aliphatic heterocycles. The fourth-order valence-electron chi connectivity index (χ4n) is 2.54. The lowest BCUT2D eigenvalue weighted by atomic mass is 9.85. The molecule has 1 heterocycles. The molecule has 1 saturated heterocycles. The summed E-state index contributed by atoms with van der Waals surface area (Å²) in [5.41, 5.74) is 1.14. The first-order valence-corrected chi connectivity index (χ1v) is 8.67. The van der Waals surface area contributed by atoms with Gasteiger partial charge in [-0.2, -0.15) is 8.78 Å². The van der Waals surface area contributed by atoms with Gasteiger partial charge in [-0.05, 0) is 60.3 Å². The summed E-state index contributed by atoms with van der Waals surface area (Å²) < 4.78 is 47.4. The zero-order valence-corrected chi connectivity index (χ0v) is 14.7. The van der Waals surface area contributed by atoms with E-state index in [1.807, 2.05) is 6.07 Å². The molecule has 2 N–H and O–H groups in total. The Morgan fingerprint density at radius 3 is 2.36 bits per heavy atom. The van der Waals surface area contributed by atoms with Crippen LogP contribution in [0.5, 0.6) is 5.75 Å². The zero-order valence-electron chi connectivity index (χ0n) is 13.9. The highest BCUT2D eigenvalue weighted by Gasteiger charge is 2.39. The number of ether oxygens (including phenoxy) is 1. The second-order valence-corrected chi connectivity index (χ2v) is 7.11. The second-order valence-electron chi connectivity index (χ2n) is 6.24. The Hall–Kier alpha value is -1.70. The normalized spacial score (nSPS) is 16.4. The van der Waals surface area contributed by atoms with Crippen molar-refractivity contribution < 1.29 is 17.9 Å². The van der Waals surface area contributed by atoms with Gasteiger partial charge in [0.2, 0.25) is 0 Å². The molecular weight excluding hydrogens is 349 g/mol. The van der Waals surface area contributed by atoms with Crippen LogP contribution >= 0.6 is 11.9 Å². The van der Waals surface area contributed by atoms with E-state index in [1.54, 1.807) is 31.2 Å². The summed E-state index contributed by atoms with van der Waals surface area (Å²) in [4.78, 5) is 0.852. The molecule has 0 bridgehead atoms. The third kappa shape index (κ3) is 4.29. The van der Waals surface area contributed by atoms with Crippen LogP contribution in [0, 0.1) is 12.7 Å². The Bertz CT molecular complexity index is 743. The highest BCUT2D eigenvalue weighted by molar-refractivity contribution is 7.97. The number of benzene rings is 2. The van der Waals surface area contributed by atoms with Gasteiger partial charge in [-0.1, -0.05) is 12.1 Å². The molecule has 25 heavy (non-hydrogen) atoms. The van der Waals surface area contributed by atoms with Crippen molar-refractivity contribution in [2.75, 3.05) is 13.1 Å². The monoisotopic (exact) mass is 368 g/mol. The van der Waals surface area contributed by atoms with Crippen molar-refractivity contribution in [3.63, 3.8) is 0 Å². The van der Waals surface area contributed by atoms with Crippen molar-refractivity contribution in [3.8, 4) is 5.75 Å². The SMILES string of the molecule is Cc1ccc(C2(NSc3ccc(OC(C)(F)F)cc3)CNC2)cc1F. The van der Waals surface area contributed by atoms with E-state index in [0.29, 0.717) is 25.6 Å². The van der Waals surface area contributed by atoms with Crippen molar-refractivity contribution in [1.29, 1.82) is 0 Å². The molecule has 0 aromatic heterocycles. The van der Waals surface area contributed by atoms with Crippen LogP contribution < -0.4 is 14.8 Å². The van der Waals surface area contributed by atoms with E-state index in [9.17, 15) is 13.2 Å². The van der Waals surface area contributed by atoms with Crippen LogP contribution in [0.15, 0.2) is 47.4 Å². The quantitative estimate of drug-likeness (QED) is 0.748. The lowest BCUT2D eigenvalue weighted by Gasteiger charge is -2.43. The van der Waals surface area contributed by atoms with E-state index in [4.69, 9.17) is 0 Å². The molecule has 2 aromatic rings. The first-order valence-electron chi connectivity index (χ1n) is 7.86. The largest absolute Gasteiger partial charge is 0.433 e. The summed E-state index contributed by atoms with van der Waals surface area (Å²) in [5, 5.41) is 3.20. The van der Waals surface area contributed by atoms with Gasteiger partial charge in [-0.25, -0.2) is 9.11 Å². The van der Waals surface area contributed by atoms with Crippen molar-refractivity contribution in [2.45, 2.75) is 30.4 Å². The van der Waals surface area contributed by atoms with Crippen molar-refractivity contribution in [3.05, 3.63) is 59.4 Å². The Labute approximate surface area is 149 Å². The Morgan fingerprint density at radius 2 is 1.84 bits per heavy atom. The number of halogens is 3. The number of nitrogens with one attached hydrogen (secondary N) is 2. The maximum atomic E-state index is 13.9. The predicted molar refractivity (Wildman–Crippen MR) is 92.4 cm³/mol. The molecule has 0 radical (unpaired) electrons. The van der Waals surface area contributed by atoms with Crippen LogP contribution in [0.25, 0.3) is 0 Å². The predicted octanol–water partition coefficient (Wildman–Crippen LogP) is 4.22. The fraction of sp³-hybridized carbons (Fsp3) is 0.333. The average molecular weight is 368 g/mol. The second kappa shape index (κ2) is 6.90. The lowest BCUT2D eigenvalue weighted by Crippen LogP contribution is -2.63. The van der Waals surface area contributed by atoms with Crippen molar-refractivity contribution in [2.24, 2.45) is 0 Å². The smallest absolute Gasteiger partial charge is 0.394 e. The van der Waals surface area contributed by atoms with Gasteiger partial charge in [0.05, 0.1) is 5.54 Å². The third-order valence-corrected chi connectivity index (χ3v) is 5.06. The van der Waals surface area contributed by atoms with E-state index in [2.05, 4.69) is 14.8 Å². The minimum atomic E-state index is -3.20. The van der Waals surface area contributed by atoms with E-state index in [-0.39, 0.29) is 17.1 Å². The molecule has 2 aromatic carbocycles. The Kier molecular flexibility index (Phi) is 4.99. The minimum Gasteiger partial charge on any atom is -0.433 e. The molecule has 1 fully saturated rings. The summed E-state index contributed by atoms with van der Waals surface area (Å²) in [5.74, 6) is -0.116. The topological polar surface area (TPSA) is 33.3 Å². The number of hydrogen-bond donors (Lipinski definition) is 2. The molecule has 1 aliphatic rings. The van der Waals surface area contributed by atoms with E-state index in [0.717, 1.165) is 10.5 Å². The van der Waals surface area contributed by atoms with E-state index < -0.39 is 6.11 Å². The number of rotatable bonds is 6. The molecule has 3 nitrogen and oxygen atoms in total. The van der Waals surface area contributed by atoms with Crippen LogP contribution in [0.3, 0.4) is 0 Å². The highest BCUT2D eigenvalue weighted by atomic mass is 32.2. The van der Waals surface area contributed by atoms with Crippen LogP contribution in [0.2, 0.25) is 0 Å². The molecule has 134 valence electrons. The summed E-state index contributed by atoms with van der Waals surface area (Å²) in [6.45, 7) is 3.80. The molecule has 7 heteroatoms. The van der Waals surface area contributed by atoms with Crippen LogP contribution in [-0.2, 0) is 5.54 Å². The number of alkyl halides is 2. The first kappa shape index (κ1) is 18.1. The molecule has 0 atom stereocenters. The highest BCUT2D eigenvalue weighted by Crippen LogP contribution is 2.32. The molecule has 0 aliphatic carbocycles. The summed E-state index contributed by atoms with van der Waals surface area (Å²) in [6.07, 6.45) is -3.20. The average Bonchev–Trinajstić information content (AvgIpc) is 2.50. The molecule has 0 unspecified atom stereocenters. The van der Waals surface area contributed by atoms with Gasteiger partial charge in [0, 0.05) is 24.9 Å². The zero-order chi connectivity index (χ0) is 18.1. The summed E-state index contributed by atoms with van der Waals surface area (Å²) in [7, 11) is 0. The Balaban J connectivity index is 1.68. The van der Waals surface area contributed by atoms with Gasteiger partial charge >= 0.3 is 6.11 Å². The van der Waals surface area contributed by atoms with Crippen LogP contribution in [0.1, 0.15) is 18.1 Å². The van der Waals surface area contributed by atoms with Gasteiger partial charge in [-0.15, -0.1) is 0 Å². The van der Waals surface area contributed by atoms with Crippen molar-refractivity contribution in [1.82, 2.24) is 10.0 Å². The van der Waals surface area contributed by atoms with E-state index >= 15 is 0 Å².